The Morgan fingerprint density at radius 2 is 2.46 bits per heavy atom. The van der Waals surface area contributed by atoms with Gasteiger partial charge in [0.2, 0.25) is 0 Å². The molecular weight excluding hydrogens is 168 g/mol. The molecule has 1 aliphatic rings. The summed E-state index contributed by atoms with van der Waals surface area (Å²) in [6.45, 7) is 0.0241. The van der Waals surface area contributed by atoms with Gasteiger partial charge in [0.05, 0.1) is 12.6 Å². The van der Waals surface area contributed by atoms with E-state index < -0.39 is 0 Å². The summed E-state index contributed by atoms with van der Waals surface area (Å²) in [4.78, 5) is 9.25. The van der Waals surface area contributed by atoms with E-state index in [0.717, 1.165) is 5.69 Å². The highest BCUT2D eigenvalue weighted by Gasteiger charge is 2.17. The second-order valence-corrected chi connectivity index (χ2v) is 2.75. The number of pyridine rings is 1. The van der Waals surface area contributed by atoms with E-state index in [4.69, 9.17) is 9.94 Å². The average molecular weight is 178 g/mol. The Morgan fingerprint density at radius 3 is 3.08 bits per heavy atom. The molecule has 68 valence electrons. The summed E-state index contributed by atoms with van der Waals surface area (Å²) in [6.07, 6.45) is 3.51. The summed E-state index contributed by atoms with van der Waals surface area (Å²) in [5.41, 5.74) is 3.44. The highest BCUT2D eigenvalue weighted by molar-refractivity contribution is 5.57. The van der Waals surface area contributed by atoms with Gasteiger partial charge in [-0.05, 0) is 18.2 Å². The molecule has 0 saturated carbocycles. The fourth-order valence-electron chi connectivity index (χ4n) is 1.13. The zero-order valence-electron chi connectivity index (χ0n) is 6.97. The summed E-state index contributed by atoms with van der Waals surface area (Å²) < 4.78 is 0. The zero-order chi connectivity index (χ0) is 9.10. The number of aliphatic hydroxyl groups excluding tert-OH is 1. The Kier molecular flexibility index (Phi) is 2.25. The molecule has 1 aromatic rings. The quantitative estimate of drug-likeness (QED) is 0.684. The van der Waals surface area contributed by atoms with Crippen molar-refractivity contribution in [3.05, 3.63) is 36.2 Å². The largest absolute Gasteiger partial charge is 0.406 e. The summed E-state index contributed by atoms with van der Waals surface area (Å²) in [7, 11) is 0. The minimum absolute atomic E-state index is 0.0241. The Labute approximate surface area is 75.8 Å². The predicted octanol–water partition coefficient (Wildman–Crippen LogP) is 0.318. The first-order valence-electron chi connectivity index (χ1n) is 4.06. The van der Waals surface area contributed by atoms with E-state index in [1.807, 2.05) is 24.3 Å². The maximum absolute atomic E-state index is 8.82. The number of aliphatic hydroxyl groups is 1. The number of rotatable bonds is 2. The van der Waals surface area contributed by atoms with Crippen LogP contribution in [0.1, 0.15) is 5.69 Å². The molecule has 0 aliphatic carbocycles. The van der Waals surface area contributed by atoms with E-state index in [9.17, 15) is 0 Å². The van der Waals surface area contributed by atoms with Crippen molar-refractivity contribution in [1.82, 2.24) is 10.5 Å². The van der Waals surface area contributed by atoms with Gasteiger partial charge in [0, 0.05) is 6.20 Å². The van der Waals surface area contributed by atoms with Crippen molar-refractivity contribution in [2.45, 2.75) is 6.04 Å². The first kappa shape index (κ1) is 8.22. The standard InChI is InChI=1S/C9H10N2O2/c12-6-7-5-9(13-11-7)8-3-1-2-4-10-8/h1-5,7,11-12H,6H2. The molecule has 1 unspecified atom stereocenters. The number of hydrogen-bond donors (Lipinski definition) is 2. The maximum atomic E-state index is 8.82. The van der Waals surface area contributed by atoms with E-state index in [1.54, 1.807) is 6.20 Å². The molecule has 0 radical (unpaired) electrons. The van der Waals surface area contributed by atoms with Gasteiger partial charge in [0.1, 0.15) is 5.69 Å². The summed E-state index contributed by atoms with van der Waals surface area (Å²) in [5, 5.41) is 8.82. The molecule has 0 spiro atoms. The van der Waals surface area contributed by atoms with Crippen LogP contribution in [0, 0.1) is 0 Å². The number of hydrogen-bond acceptors (Lipinski definition) is 4. The Balaban J connectivity index is 2.19. The van der Waals surface area contributed by atoms with Gasteiger partial charge >= 0.3 is 0 Å². The lowest BCUT2D eigenvalue weighted by atomic mass is 10.2. The molecule has 4 heteroatoms. The van der Waals surface area contributed by atoms with Crippen molar-refractivity contribution in [2.24, 2.45) is 0 Å². The molecule has 0 aromatic carbocycles. The summed E-state index contributed by atoms with van der Waals surface area (Å²) in [6, 6.07) is 5.46. The minimum Gasteiger partial charge on any atom is -0.406 e. The fraction of sp³-hybridized carbons (Fsp3) is 0.222. The molecule has 2 N–H and O–H groups in total. The number of hydroxylamine groups is 1. The molecule has 0 saturated heterocycles. The van der Waals surface area contributed by atoms with E-state index in [-0.39, 0.29) is 12.6 Å². The van der Waals surface area contributed by atoms with E-state index in [1.165, 1.54) is 0 Å². The number of nitrogens with one attached hydrogen (secondary N) is 1. The Morgan fingerprint density at radius 1 is 1.54 bits per heavy atom. The van der Waals surface area contributed by atoms with Crippen molar-refractivity contribution in [2.75, 3.05) is 6.61 Å². The lowest BCUT2D eigenvalue weighted by Crippen LogP contribution is -2.24. The van der Waals surface area contributed by atoms with E-state index in [2.05, 4.69) is 10.5 Å². The van der Waals surface area contributed by atoms with Crippen molar-refractivity contribution in [3.8, 4) is 0 Å². The molecule has 2 rings (SSSR count). The second kappa shape index (κ2) is 3.55. The monoisotopic (exact) mass is 178 g/mol. The molecule has 4 nitrogen and oxygen atoms in total. The summed E-state index contributed by atoms with van der Waals surface area (Å²) >= 11 is 0. The average Bonchev–Trinajstić information content (AvgIpc) is 2.67. The topological polar surface area (TPSA) is 54.4 Å². The van der Waals surface area contributed by atoms with Gasteiger partial charge in [-0.3, -0.25) is 4.98 Å². The molecule has 0 bridgehead atoms. The highest BCUT2D eigenvalue weighted by atomic mass is 16.7. The lowest BCUT2D eigenvalue weighted by molar-refractivity contribution is 0.130. The molecule has 0 fully saturated rings. The molecule has 1 aliphatic heterocycles. The molecular formula is C9H10N2O2. The smallest absolute Gasteiger partial charge is 0.170 e. The van der Waals surface area contributed by atoms with Gasteiger partial charge in [-0.2, -0.15) is 0 Å². The Bertz CT molecular complexity index is 311. The van der Waals surface area contributed by atoms with Crippen LogP contribution in [0.2, 0.25) is 0 Å². The predicted molar refractivity (Wildman–Crippen MR) is 47.3 cm³/mol. The normalized spacial score (nSPS) is 21.0. The molecule has 13 heavy (non-hydrogen) atoms. The second-order valence-electron chi connectivity index (χ2n) is 2.75. The lowest BCUT2D eigenvalue weighted by Gasteiger charge is -2.02. The van der Waals surface area contributed by atoms with Crippen LogP contribution in [0.3, 0.4) is 0 Å². The van der Waals surface area contributed by atoms with Gasteiger partial charge < -0.3 is 9.94 Å². The Hall–Kier alpha value is -1.39. The van der Waals surface area contributed by atoms with Gasteiger partial charge in [-0.15, -0.1) is 5.48 Å². The summed E-state index contributed by atoms with van der Waals surface area (Å²) in [5.74, 6) is 0.666. The molecule has 1 atom stereocenters. The van der Waals surface area contributed by atoms with Crippen molar-refractivity contribution >= 4 is 5.76 Å². The highest BCUT2D eigenvalue weighted by Crippen LogP contribution is 2.17. The third-order valence-electron chi connectivity index (χ3n) is 1.79. The SMILES string of the molecule is OCC1C=C(c2ccccn2)ON1. The number of aromatic nitrogens is 1. The third-order valence-corrected chi connectivity index (χ3v) is 1.79. The van der Waals surface area contributed by atoms with Gasteiger partial charge in [0.25, 0.3) is 0 Å². The van der Waals surface area contributed by atoms with Gasteiger partial charge in [0.15, 0.2) is 5.76 Å². The van der Waals surface area contributed by atoms with Crippen LogP contribution >= 0.6 is 0 Å². The van der Waals surface area contributed by atoms with Crippen LogP contribution in [0.15, 0.2) is 30.5 Å². The van der Waals surface area contributed by atoms with Crippen LogP contribution in [-0.2, 0) is 4.84 Å². The first-order chi connectivity index (χ1) is 6.40. The van der Waals surface area contributed by atoms with Gasteiger partial charge in [-0.1, -0.05) is 6.07 Å². The van der Waals surface area contributed by atoms with Crippen LogP contribution in [-0.4, -0.2) is 22.7 Å². The van der Waals surface area contributed by atoms with E-state index in [0.29, 0.717) is 5.76 Å². The van der Waals surface area contributed by atoms with Crippen LogP contribution in [0.5, 0.6) is 0 Å². The van der Waals surface area contributed by atoms with E-state index >= 15 is 0 Å². The first-order valence-corrected chi connectivity index (χ1v) is 4.06. The number of nitrogens with zero attached hydrogens (tertiary/aromatic N) is 1. The third kappa shape index (κ3) is 1.68. The van der Waals surface area contributed by atoms with Crippen LogP contribution in [0.4, 0.5) is 0 Å². The van der Waals surface area contributed by atoms with Crippen LogP contribution < -0.4 is 5.48 Å². The van der Waals surface area contributed by atoms with Crippen molar-refractivity contribution in [3.63, 3.8) is 0 Å². The van der Waals surface area contributed by atoms with Crippen molar-refractivity contribution < 1.29 is 9.94 Å². The fourth-order valence-corrected chi connectivity index (χ4v) is 1.13. The molecule has 1 aromatic heterocycles. The molecule has 2 heterocycles. The minimum atomic E-state index is -0.128. The zero-order valence-corrected chi connectivity index (χ0v) is 6.97. The van der Waals surface area contributed by atoms with Crippen molar-refractivity contribution in [1.29, 1.82) is 0 Å². The van der Waals surface area contributed by atoms with Crippen LogP contribution in [0.25, 0.3) is 5.76 Å². The van der Waals surface area contributed by atoms with Gasteiger partial charge in [-0.25, -0.2) is 0 Å². The molecule has 0 amide bonds. The maximum Gasteiger partial charge on any atom is 0.170 e.